The first-order valence-corrected chi connectivity index (χ1v) is 8.59. The van der Waals surface area contributed by atoms with E-state index in [1.165, 1.54) is 11.1 Å². The third-order valence-corrected chi connectivity index (χ3v) is 4.02. The van der Waals surface area contributed by atoms with E-state index in [2.05, 4.69) is 58.8 Å². The standard InChI is InChI=1S/C19H29N5/c1-15(2)18-9-7-16(8-10-18)6-5-11-21-19(20-3)22-12-17-13-23-24(4)14-17/h7-10,13-15H,5-6,11-12H2,1-4H3,(H2,20,21,22). The summed E-state index contributed by atoms with van der Waals surface area (Å²) < 4.78 is 1.80. The minimum Gasteiger partial charge on any atom is -0.356 e. The zero-order chi connectivity index (χ0) is 17.4. The summed E-state index contributed by atoms with van der Waals surface area (Å²) in [5.74, 6) is 1.42. The number of hydrogen-bond donors (Lipinski definition) is 2. The van der Waals surface area contributed by atoms with Crippen LogP contribution in [0, 0.1) is 0 Å². The van der Waals surface area contributed by atoms with E-state index < -0.39 is 0 Å². The fraction of sp³-hybridized carbons (Fsp3) is 0.474. The average molecular weight is 327 g/mol. The molecule has 0 unspecified atom stereocenters. The Labute approximate surface area is 145 Å². The van der Waals surface area contributed by atoms with Crippen molar-refractivity contribution < 1.29 is 0 Å². The SMILES string of the molecule is CN=C(NCCCc1ccc(C(C)C)cc1)NCc1cnn(C)c1. The molecule has 0 saturated heterocycles. The number of benzene rings is 1. The van der Waals surface area contributed by atoms with Gasteiger partial charge in [-0.05, 0) is 29.9 Å². The summed E-state index contributed by atoms with van der Waals surface area (Å²) in [4.78, 5) is 4.25. The monoisotopic (exact) mass is 327 g/mol. The molecular formula is C19H29N5. The summed E-state index contributed by atoms with van der Waals surface area (Å²) in [6.07, 6.45) is 6.02. The molecule has 2 rings (SSSR count). The molecule has 2 N–H and O–H groups in total. The van der Waals surface area contributed by atoms with Crippen LogP contribution in [0.2, 0.25) is 0 Å². The first-order valence-electron chi connectivity index (χ1n) is 8.59. The van der Waals surface area contributed by atoms with Crippen molar-refractivity contribution in [3.05, 3.63) is 53.3 Å². The molecule has 1 aromatic heterocycles. The van der Waals surface area contributed by atoms with Crippen LogP contribution >= 0.6 is 0 Å². The van der Waals surface area contributed by atoms with E-state index in [1.54, 1.807) is 11.7 Å². The summed E-state index contributed by atoms with van der Waals surface area (Å²) in [5.41, 5.74) is 3.93. The third kappa shape index (κ3) is 5.72. The second-order valence-electron chi connectivity index (χ2n) is 6.37. The summed E-state index contributed by atoms with van der Waals surface area (Å²) in [5, 5.41) is 10.8. The first kappa shape index (κ1) is 18.0. The molecular weight excluding hydrogens is 298 g/mol. The Morgan fingerprint density at radius 2 is 1.92 bits per heavy atom. The second kappa shape index (κ2) is 9.11. The van der Waals surface area contributed by atoms with Crippen molar-refractivity contribution in [2.75, 3.05) is 13.6 Å². The molecule has 0 fully saturated rings. The molecule has 0 bridgehead atoms. The highest BCUT2D eigenvalue weighted by atomic mass is 15.2. The summed E-state index contributed by atoms with van der Waals surface area (Å²) in [6, 6.07) is 8.96. The normalized spacial score (nSPS) is 11.8. The van der Waals surface area contributed by atoms with E-state index in [1.807, 2.05) is 19.4 Å². The predicted octanol–water partition coefficient (Wildman–Crippen LogP) is 2.84. The van der Waals surface area contributed by atoms with Crippen LogP contribution in [-0.2, 0) is 20.0 Å². The lowest BCUT2D eigenvalue weighted by molar-refractivity contribution is 0.740. The summed E-state index contributed by atoms with van der Waals surface area (Å²) in [6.45, 7) is 6.08. The molecule has 0 atom stereocenters. The highest BCUT2D eigenvalue weighted by Gasteiger charge is 2.01. The minimum atomic E-state index is 0.593. The van der Waals surface area contributed by atoms with E-state index >= 15 is 0 Å². The lowest BCUT2D eigenvalue weighted by Crippen LogP contribution is -2.37. The van der Waals surface area contributed by atoms with E-state index in [9.17, 15) is 0 Å². The number of hydrogen-bond acceptors (Lipinski definition) is 2. The molecule has 0 spiro atoms. The van der Waals surface area contributed by atoms with Gasteiger partial charge in [-0.3, -0.25) is 9.67 Å². The van der Waals surface area contributed by atoms with Crippen LogP contribution in [0.3, 0.4) is 0 Å². The maximum Gasteiger partial charge on any atom is 0.191 e. The van der Waals surface area contributed by atoms with Gasteiger partial charge < -0.3 is 10.6 Å². The number of guanidine groups is 1. The van der Waals surface area contributed by atoms with Crippen molar-refractivity contribution in [1.29, 1.82) is 0 Å². The second-order valence-corrected chi connectivity index (χ2v) is 6.37. The number of aryl methyl sites for hydroxylation is 2. The van der Waals surface area contributed by atoms with Gasteiger partial charge in [0.2, 0.25) is 0 Å². The van der Waals surface area contributed by atoms with Crippen molar-refractivity contribution in [1.82, 2.24) is 20.4 Å². The van der Waals surface area contributed by atoms with Gasteiger partial charge >= 0.3 is 0 Å². The van der Waals surface area contributed by atoms with Gasteiger partial charge in [0.15, 0.2) is 5.96 Å². The minimum absolute atomic E-state index is 0.593. The molecule has 0 aliphatic heterocycles. The van der Waals surface area contributed by atoms with Crippen LogP contribution in [-0.4, -0.2) is 29.3 Å². The molecule has 0 saturated carbocycles. The van der Waals surface area contributed by atoms with Crippen molar-refractivity contribution >= 4 is 5.96 Å². The Kier molecular flexibility index (Phi) is 6.85. The van der Waals surface area contributed by atoms with Crippen molar-refractivity contribution in [2.45, 2.75) is 39.2 Å². The molecule has 2 aromatic rings. The van der Waals surface area contributed by atoms with Gasteiger partial charge in [-0.1, -0.05) is 38.1 Å². The van der Waals surface area contributed by atoms with Crippen molar-refractivity contribution in [3.63, 3.8) is 0 Å². The summed E-state index contributed by atoms with van der Waals surface area (Å²) >= 11 is 0. The van der Waals surface area contributed by atoms with Crippen LogP contribution in [0.4, 0.5) is 0 Å². The number of aromatic nitrogens is 2. The molecule has 24 heavy (non-hydrogen) atoms. The Morgan fingerprint density at radius 3 is 2.50 bits per heavy atom. The van der Waals surface area contributed by atoms with Crippen molar-refractivity contribution in [2.24, 2.45) is 12.0 Å². The maximum absolute atomic E-state index is 4.25. The van der Waals surface area contributed by atoms with E-state index in [4.69, 9.17) is 0 Å². The van der Waals surface area contributed by atoms with Gasteiger partial charge in [-0.15, -0.1) is 0 Å². The molecule has 1 aromatic carbocycles. The Balaban J connectivity index is 1.68. The average Bonchev–Trinajstić information content (AvgIpc) is 3.00. The van der Waals surface area contributed by atoms with Gasteiger partial charge in [0.1, 0.15) is 0 Å². The Bertz CT molecular complexity index is 640. The smallest absolute Gasteiger partial charge is 0.191 e. The molecule has 0 amide bonds. The Morgan fingerprint density at radius 1 is 1.17 bits per heavy atom. The largest absolute Gasteiger partial charge is 0.356 e. The topological polar surface area (TPSA) is 54.2 Å². The molecule has 5 heteroatoms. The molecule has 130 valence electrons. The molecule has 0 aliphatic rings. The lowest BCUT2D eigenvalue weighted by Gasteiger charge is -2.11. The highest BCUT2D eigenvalue weighted by molar-refractivity contribution is 5.79. The Hall–Kier alpha value is -2.30. The quantitative estimate of drug-likeness (QED) is 0.467. The van der Waals surface area contributed by atoms with Gasteiger partial charge in [-0.25, -0.2) is 0 Å². The zero-order valence-corrected chi connectivity index (χ0v) is 15.2. The fourth-order valence-electron chi connectivity index (χ4n) is 2.54. The highest BCUT2D eigenvalue weighted by Crippen LogP contribution is 2.15. The third-order valence-electron chi connectivity index (χ3n) is 4.02. The predicted molar refractivity (Wildman–Crippen MR) is 100 cm³/mol. The first-order chi connectivity index (χ1) is 11.6. The number of rotatable bonds is 7. The van der Waals surface area contributed by atoms with Crippen LogP contribution in [0.5, 0.6) is 0 Å². The van der Waals surface area contributed by atoms with E-state index in [0.717, 1.165) is 37.5 Å². The number of nitrogens with one attached hydrogen (secondary N) is 2. The lowest BCUT2D eigenvalue weighted by atomic mass is 10.0. The fourth-order valence-corrected chi connectivity index (χ4v) is 2.54. The molecule has 5 nitrogen and oxygen atoms in total. The van der Waals surface area contributed by atoms with Gasteiger partial charge in [0.25, 0.3) is 0 Å². The summed E-state index contributed by atoms with van der Waals surface area (Å²) in [7, 11) is 3.72. The zero-order valence-electron chi connectivity index (χ0n) is 15.2. The van der Waals surface area contributed by atoms with E-state index in [-0.39, 0.29) is 0 Å². The number of nitrogens with zero attached hydrogens (tertiary/aromatic N) is 3. The van der Waals surface area contributed by atoms with Crippen LogP contribution < -0.4 is 10.6 Å². The van der Waals surface area contributed by atoms with Gasteiger partial charge in [-0.2, -0.15) is 5.10 Å². The van der Waals surface area contributed by atoms with Crippen LogP contribution in [0.1, 0.15) is 42.9 Å². The number of aliphatic imine (C=N–C) groups is 1. The maximum atomic E-state index is 4.25. The van der Waals surface area contributed by atoms with Crippen molar-refractivity contribution in [3.8, 4) is 0 Å². The van der Waals surface area contributed by atoms with Gasteiger partial charge in [0, 0.05) is 38.9 Å². The van der Waals surface area contributed by atoms with Crippen LogP contribution in [0.15, 0.2) is 41.7 Å². The van der Waals surface area contributed by atoms with E-state index in [0.29, 0.717) is 5.92 Å². The molecule has 1 heterocycles. The molecule has 0 radical (unpaired) electrons. The van der Waals surface area contributed by atoms with Crippen LogP contribution in [0.25, 0.3) is 0 Å². The van der Waals surface area contributed by atoms with Gasteiger partial charge in [0.05, 0.1) is 6.20 Å². The molecule has 0 aliphatic carbocycles.